The molecule has 0 fully saturated rings. The molecule has 1 N–H and O–H groups in total. The maximum Gasteiger partial charge on any atom is 0.335 e. The van der Waals surface area contributed by atoms with Crippen LogP contribution in [-0.4, -0.2) is 11.1 Å². The number of hydrogen-bond acceptors (Lipinski definition) is 2. The Labute approximate surface area is 120 Å². The van der Waals surface area contributed by atoms with E-state index in [4.69, 9.17) is 9.84 Å². The zero-order valence-electron chi connectivity index (χ0n) is 10.4. The molecule has 0 aromatic heterocycles. The molecule has 0 saturated carbocycles. The van der Waals surface area contributed by atoms with E-state index in [1.165, 1.54) is 5.56 Å². The molecule has 19 heavy (non-hydrogen) atoms. The summed E-state index contributed by atoms with van der Waals surface area (Å²) < 4.78 is 6.39. The molecule has 0 unspecified atom stereocenters. The molecule has 98 valence electrons. The average Bonchev–Trinajstić information content (AvgIpc) is 2.39. The van der Waals surface area contributed by atoms with Crippen molar-refractivity contribution in [1.29, 1.82) is 0 Å². The van der Waals surface area contributed by atoms with E-state index in [1.54, 1.807) is 18.2 Å². The average molecular weight is 321 g/mol. The van der Waals surface area contributed by atoms with Gasteiger partial charge in [-0.2, -0.15) is 0 Å². The maximum absolute atomic E-state index is 10.8. The number of rotatable bonds is 4. The number of halogens is 1. The van der Waals surface area contributed by atoms with E-state index in [0.717, 1.165) is 15.8 Å². The van der Waals surface area contributed by atoms with E-state index in [2.05, 4.69) is 15.9 Å². The summed E-state index contributed by atoms with van der Waals surface area (Å²) in [7, 11) is 0. The van der Waals surface area contributed by atoms with Crippen molar-refractivity contribution in [3.8, 4) is 5.75 Å². The van der Waals surface area contributed by atoms with Crippen LogP contribution >= 0.6 is 15.9 Å². The first-order chi connectivity index (χ1) is 9.06. The molecule has 0 saturated heterocycles. The standard InChI is InChI=1S/C15H13BrO3/c1-10-2-6-13(7-3-10)19-9-12-5-4-11(15(17)18)8-14(12)16/h2-8H,9H2,1H3,(H,17,18). The number of aromatic carboxylic acids is 1. The van der Waals surface area contributed by atoms with E-state index in [1.807, 2.05) is 31.2 Å². The molecule has 0 spiro atoms. The minimum absolute atomic E-state index is 0.256. The molecule has 0 amide bonds. The van der Waals surface area contributed by atoms with Gasteiger partial charge in [-0.15, -0.1) is 0 Å². The fraction of sp³-hybridized carbons (Fsp3) is 0.133. The number of aryl methyl sites for hydroxylation is 1. The van der Waals surface area contributed by atoms with E-state index in [0.29, 0.717) is 6.61 Å². The smallest absolute Gasteiger partial charge is 0.335 e. The number of carbonyl (C=O) groups is 1. The Balaban J connectivity index is 2.07. The Morgan fingerprint density at radius 1 is 1.21 bits per heavy atom. The molecule has 2 rings (SSSR count). The van der Waals surface area contributed by atoms with E-state index in [9.17, 15) is 4.79 Å². The summed E-state index contributed by atoms with van der Waals surface area (Å²) in [5.41, 5.74) is 2.34. The van der Waals surface area contributed by atoms with Crippen molar-refractivity contribution >= 4 is 21.9 Å². The van der Waals surface area contributed by atoms with Crippen molar-refractivity contribution in [3.05, 3.63) is 63.6 Å². The number of carboxylic acids is 1. The molecule has 0 atom stereocenters. The first-order valence-corrected chi connectivity index (χ1v) is 6.57. The first kappa shape index (κ1) is 13.6. The third-order valence-corrected chi connectivity index (χ3v) is 3.45. The van der Waals surface area contributed by atoms with E-state index < -0.39 is 5.97 Å². The molecular weight excluding hydrogens is 308 g/mol. The van der Waals surface area contributed by atoms with Crippen molar-refractivity contribution in [2.75, 3.05) is 0 Å². The predicted octanol–water partition coefficient (Wildman–Crippen LogP) is 4.03. The highest BCUT2D eigenvalue weighted by atomic mass is 79.9. The lowest BCUT2D eigenvalue weighted by atomic mass is 10.1. The third-order valence-electron chi connectivity index (χ3n) is 2.72. The molecule has 2 aromatic carbocycles. The SMILES string of the molecule is Cc1ccc(OCc2ccc(C(=O)O)cc2Br)cc1. The first-order valence-electron chi connectivity index (χ1n) is 5.77. The van der Waals surface area contributed by atoms with Gasteiger partial charge in [-0.25, -0.2) is 4.79 Å². The van der Waals surface area contributed by atoms with Crippen LogP contribution in [-0.2, 0) is 6.61 Å². The zero-order chi connectivity index (χ0) is 13.8. The van der Waals surface area contributed by atoms with Crippen molar-refractivity contribution in [2.24, 2.45) is 0 Å². The summed E-state index contributed by atoms with van der Waals surface area (Å²) in [4.78, 5) is 10.8. The van der Waals surface area contributed by atoms with E-state index >= 15 is 0 Å². The van der Waals surface area contributed by atoms with Gasteiger partial charge >= 0.3 is 5.97 Å². The second-order valence-corrected chi connectivity index (χ2v) is 5.07. The lowest BCUT2D eigenvalue weighted by Crippen LogP contribution is -2.00. The minimum atomic E-state index is -0.938. The summed E-state index contributed by atoms with van der Waals surface area (Å²) in [5, 5.41) is 8.88. The Morgan fingerprint density at radius 2 is 1.89 bits per heavy atom. The molecule has 0 aliphatic rings. The normalized spacial score (nSPS) is 10.2. The second kappa shape index (κ2) is 5.89. The van der Waals surface area contributed by atoms with Crippen molar-refractivity contribution in [1.82, 2.24) is 0 Å². The van der Waals surface area contributed by atoms with Crippen molar-refractivity contribution in [3.63, 3.8) is 0 Å². The van der Waals surface area contributed by atoms with Crippen molar-refractivity contribution in [2.45, 2.75) is 13.5 Å². The Bertz CT molecular complexity index is 591. The van der Waals surface area contributed by atoms with Gasteiger partial charge in [0, 0.05) is 10.0 Å². The molecule has 0 heterocycles. The monoisotopic (exact) mass is 320 g/mol. The third kappa shape index (κ3) is 3.58. The molecule has 3 nitrogen and oxygen atoms in total. The van der Waals surface area contributed by atoms with E-state index in [-0.39, 0.29) is 5.56 Å². The summed E-state index contributed by atoms with van der Waals surface area (Å²) >= 11 is 3.36. The minimum Gasteiger partial charge on any atom is -0.489 e. The Hall–Kier alpha value is -1.81. The van der Waals surface area contributed by atoms with Gasteiger partial charge < -0.3 is 9.84 Å². The highest BCUT2D eigenvalue weighted by Crippen LogP contribution is 2.21. The van der Waals surface area contributed by atoms with Crippen LogP contribution in [0.1, 0.15) is 21.5 Å². The van der Waals surface area contributed by atoms with Crippen LogP contribution in [0.3, 0.4) is 0 Å². The second-order valence-electron chi connectivity index (χ2n) is 4.21. The Morgan fingerprint density at radius 3 is 2.47 bits per heavy atom. The molecular formula is C15H13BrO3. The van der Waals surface area contributed by atoms with Crippen LogP contribution in [0, 0.1) is 6.92 Å². The van der Waals surface area contributed by atoms with Gasteiger partial charge in [-0.05, 0) is 31.2 Å². The lowest BCUT2D eigenvalue weighted by molar-refractivity contribution is 0.0696. The number of benzene rings is 2. The Kier molecular flexibility index (Phi) is 4.22. The van der Waals surface area contributed by atoms with Crippen molar-refractivity contribution < 1.29 is 14.6 Å². The highest BCUT2D eigenvalue weighted by molar-refractivity contribution is 9.10. The van der Waals surface area contributed by atoms with Crippen LogP contribution < -0.4 is 4.74 Å². The van der Waals surface area contributed by atoms with Gasteiger partial charge in [-0.1, -0.05) is 39.7 Å². The highest BCUT2D eigenvalue weighted by Gasteiger charge is 2.07. The zero-order valence-corrected chi connectivity index (χ0v) is 12.0. The van der Waals surface area contributed by atoms with Crippen LogP contribution in [0.15, 0.2) is 46.9 Å². The van der Waals surface area contributed by atoms with Gasteiger partial charge in [0.2, 0.25) is 0 Å². The predicted molar refractivity (Wildman–Crippen MR) is 76.6 cm³/mol. The molecule has 0 aliphatic heterocycles. The molecule has 0 radical (unpaired) electrons. The summed E-state index contributed by atoms with van der Waals surface area (Å²) in [6.45, 7) is 2.41. The molecule has 0 bridgehead atoms. The van der Waals surface area contributed by atoms with Gasteiger partial charge in [0.25, 0.3) is 0 Å². The van der Waals surface area contributed by atoms with Crippen LogP contribution in [0.25, 0.3) is 0 Å². The lowest BCUT2D eigenvalue weighted by Gasteiger charge is -2.08. The largest absolute Gasteiger partial charge is 0.489 e. The fourth-order valence-corrected chi connectivity index (χ4v) is 2.09. The molecule has 4 heteroatoms. The summed E-state index contributed by atoms with van der Waals surface area (Å²) in [6, 6.07) is 12.7. The number of hydrogen-bond donors (Lipinski definition) is 1. The van der Waals surface area contributed by atoms with Crippen LogP contribution in [0.5, 0.6) is 5.75 Å². The topological polar surface area (TPSA) is 46.5 Å². The number of carboxylic acid groups (broad SMARTS) is 1. The fourth-order valence-electron chi connectivity index (χ4n) is 1.59. The summed E-state index contributed by atoms with van der Waals surface area (Å²) in [5.74, 6) is -0.147. The van der Waals surface area contributed by atoms with Gasteiger partial charge in [0.1, 0.15) is 12.4 Å². The van der Waals surface area contributed by atoms with Crippen LogP contribution in [0.4, 0.5) is 0 Å². The molecule has 2 aromatic rings. The van der Waals surface area contributed by atoms with Gasteiger partial charge in [-0.3, -0.25) is 0 Å². The maximum atomic E-state index is 10.8. The quantitative estimate of drug-likeness (QED) is 0.924. The van der Waals surface area contributed by atoms with Gasteiger partial charge in [0.05, 0.1) is 5.56 Å². The number of ether oxygens (including phenoxy) is 1. The van der Waals surface area contributed by atoms with Crippen LogP contribution in [0.2, 0.25) is 0 Å². The summed E-state index contributed by atoms with van der Waals surface area (Å²) in [6.07, 6.45) is 0. The molecule has 0 aliphatic carbocycles. The van der Waals surface area contributed by atoms with Gasteiger partial charge in [0.15, 0.2) is 0 Å².